The third-order valence-electron chi connectivity index (χ3n) is 1.98. The van der Waals surface area contributed by atoms with Crippen molar-refractivity contribution >= 4 is 12.0 Å². The molecule has 2 rings (SSSR count). The smallest absolute Gasteiger partial charge is 0.360 e. The summed E-state index contributed by atoms with van der Waals surface area (Å²) in [7, 11) is 0. The fourth-order valence-electron chi connectivity index (χ4n) is 1.21. The van der Waals surface area contributed by atoms with E-state index < -0.39 is 5.97 Å². The van der Waals surface area contributed by atoms with E-state index in [-0.39, 0.29) is 11.7 Å². The van der Waals surface area contributed by atoms with Gasteiger partial charge in [-0.2, -0.15) is 10.1 Å². The molecule has 0 bridgehead atoms. The number of carbonyl (C=O) groups is 1. The Morgan fingerprint density at radius 1 is 1.65 bits per heavy atom. The van der Waals surface area contributed by atoms with Crippen LogP contribution in [0.5, 0.6) is 0 Å². The number of esters is 1. The maximum absolute atomic E-state index is 11.3. The first kappa shape index (κ1) is 11.2. The van der Waals surface area contributed by atoms with Crippen LogP contribution in [-0.2, 0) is 11.3 Å². The zero-order chi connectivity index (χ0) is 12.1. The van der Waals surface area contributed by atoms with E-state index >= 15 is 0 Å². The number of ether oxygens (including phenoxy) is 1. The molecule has 0 aromatic carbocycles. The molecule has 0 aliphatic heterocycles. The Morgan fingerprint density at radius 3 is 3.24 bits per heavy atom. The summed E-state index contributed by atoms with van der Waals surface area (Å²) in [5.41, 5.74) is 1.04. The first-order valence-corrected chi connectivity index (χ1v) is 5.14. The van der Waals surface area contributed by atoms with Gasteiger partial charge in [-0.1, -0.05) is 0 Å². The molecule has 0 amide bonds. The van der Waals surface area contributed by atoms with Gasteiger partial charge >= 0.3 is 5.97 Å². The fourth-order valence-corrected chi connectivity index (χ4v) is 1.21. The van der Waals surface area contributed by atoms with Crippen molar-refractivity contribution in [2.75, 3.05) is 11.9 Å². The summed E-state index contributed by atoms with van der Waals surface area (Å²) < 4.78 is 9.86. The van der Waals surface area contributed by atoms with Gasteiger partial charge < -0.3 is 14.5 Å². The lowest BCUT2D eigenvalue weighted by Gasteiger charge is -1.97. The van der Waals surface area contributed by atoms with Crippen LogP contribution in [0.1, 0.15) is 23.1 Å². The predicted octanol–water partition coefficient (Wildman–Crippen LogP) is 1.19. The van der Waals surface area contributed by atoms with Gasteiger partial charge in [0.15, 0.2) is 5.69 Å². The number of carbonyl (C=O) groups excluding carboxylic acids is 1. The van der Waals surface area contributed by atoms with E-state index in [1.54, 1.807) is 13.1 Å². The van der Waals surface area contributed by atoms with Crippen LogP contribution < -0.4 is 5.32 Å². The Morgan fingerprint density at radius 2 is 2.53 bits per heavy atom. The standard InChI is InChI=1S/C10H12N4O3/c1-2-16-9(15)8-6-17-10(13-8)11-5-7-3-4-12-14-7/h3-4,6H,2,5H2,1H3,(H,11,13)(H,12,14). The van der Waals surface area contributed by atoms with Gasteiger partial charge in [0.25, 0.3) is 6.01 Å². The van der Waals surface area contributed by atoms with E-state index in [1.165, 1.54) is 6.26 Å². The van der Waals surface area contributed by atoms with Gasteiger partial charge in [-0.3, -0.25) is 5.10 Å². The lowest BCUT2D eigenvalue weighted by Crippen LogP contribution is -2.05. The number of H-pyrrole nitrogens is 1. The highest BCUT2D eigenvalue weighted by Crippen LogP contribution is 2.09. The monoisotopic (exact) mass is 236 g/mol. The van der Waals surface area contributed by atoms with Gasteiger partial charge in [-0.05, 0) is 13.0 Å². The molecule has 0 saturated heterocycles. The number of rotatable bonds is 5. The third kappa shape index (κ3) is 2.83. The molecular weight excluding hydrogens is 224 g/mol. The van der Waals surface area contributed by atoms with Crippen LogP contribution >= 0.6 is 0 Å². The number of aromatic nitrogens is 3. The van der Waals surface area contributed by atoms with Crippen molar-refractivity contribution in [1.29, 1.82) is 0 Å². The van der Waals surface area contributed by atoms with Crippen LogP contribution in [0.15, 0.2) is 22.9 Å². The predicted molar refractivity (Wildman–Crippen MR) is 58.4 cm³/mol. The number of hydrogen-bond donors (Lipinski definition) is 2. The molecule has 2 heterocycles. The van der Waals surface area contributed by atoms with Crippen molar-refractivity contribution in [2.45, 2.75) is 13.5 Å². The van der Waals surface area contributed by atoms with Gasteiger partial charge in [-0.15, -0.1) is 0 Å². The Hall–Kier alpha value is -2.31. The zero-order valence-electron chi connectivity index (χ0n) is 9.27. The Kier molecular flexibility index (Phi) is 3.39. The van der Waals surface area contributed by atoms with E-state index in [0.29, 0.717) is 13.2 Å². The summed E-state index contributed by atoms with van der Waals surface area (Å²) in [5.74, 6) is -0.495. The summed E-state index contributed by atoms with van der Waals surface area (Å²) in [5, 5.41) is 9.49. The molecule has 2 aromatic rings. The van der Waals surface area contributed by atoms with Crippen LogP contribution in [0, 0.1) is 0 Å². The van der Waals surface area contributed by atoms with E-state index in [4.69, 9.17) is 9.15 Å². The quantitative estimate of drug-likeness (QED) is 0.757. The van der Waals surface area contributed by atoms with E-state index in [9.17, 15) is 4.79 Å². The molecule has 0 spiro atoms. The first-order chi connectivity index (χ1) is 8.29. The average molecular weight is 236 g/mol. The molecule has 0 aliphatic carbocycles. The van der Waals surface area contributed by atoms with Crippen LogP contribution in [0.3, 0.4) is 0 Å². The van der Waals surface area contributed by atoms with Gasteiger partial charge in [0.1, 0.15) is 6.26 Å². The van der Waals surface area contributed by atoms with Gasteiger partial charge in [0, 0.05) is 6.20 Å². The maximum atomic E-state index is 11.3. The summed E-state index contributed by atoms with van der Waals surface area (Å²) in [6, 6.07) is 2.09. The molecule has 7 heteroatoms. The maximum Gasteiger partial charge on any atom is 0.360 e. The van der Waals surface area contributed by atoms with Crippen molar-refractivity contribution in [1.82, 2.24) is 15.2 Å². The molecule has 0 aliphatic rings. The summed E-state index contributed by atoms with van der Waals surface area (Å²) >= 11 is 0. The number of nitrogens with zero attached hydrogens (tertiary/aromatic N) is 2. The number of nitrogens with one attached hydrogen (secondary N) is 2. The molecule has 0 fully saturated rings. The van der Waals surface area contributed by atoms with Gasteiger partial charge in [-0.25, -0.2) is 4.79 Å². The van der Waals surface area contributed by atoms with E-state index in [1.807, 2.05) is 6.07 Å². The van der Waals surface area contributed by atoms with Crippen molar-refractivity contribution < 1.29 is 13.9 Å². The van der Waals surface area contributed by atoms with Crippen LogP contribution in [-0.4, -0.2) is 27.8 Å². The molecule has 90 valence electrons. The second-order valence-electron chi connectivity index (χ2n) is 3.19. The summed E-state index contributed by atoms with van der Waals surface area (Å²) in [6.07, 6.45) is 2.91. The SMILES string of the molecule is CCOC(=O)c1coc(NCc2ccn[nH]2)n1. The lowest BCUT2D eigenvalue weighted by atomic mass is 10.4. The van der Waals surface area contributed by atoms with Crippen molar-refractivity contribution in [2.24, 2.45) is 0 Å². The molecule has 0 atom stereocenters. The molecule has 0 unspecified atom stereocenters. The molecule has 7 nitrogen and oxygen atoms in total. The fraction of sp³-hybridized carbons (Fsp3) is 0.300. The average Bonchev–Trinajstić information content (AvgIpc) is 2.98. The third-order valence-corrected chi connectivity index (χ3v) is 1.98. The minimum Gasteiger partial charge on any atom is -0.461 e. The lowest BCUT2D eigenvalue weighted by molar-refractivity contribution is 0.0519. The first-order valence-electron chi connectivity index (χ1n) is 5.14. The van der Waals surface area contributed by atoms with Gasteiger partial charge in [0.2, 0.25) is 0 Å². The van der Waals surface area contributed by atoms with Crippen molar-refractivity contribution in [3.63, 3.8) is 0 Å². The summed E-state index contributed by atoms with van der Waals surface area (Å²) in [6.45, 7) is 2.53. The van der Waals surface area contributed by atoms with Crippen LogP contribution in [0.2, 0.25) is 0 Å². The van der Waals surface area contributed by atoms with E-state index in [0.717, 1.165) is 5.69 Å². The number of aromatic amines is 1. The molecule has 0 radical (unpaired) electrons. The minimum atomic E-state index is -0.495. The number of oxazole rings is 1. The molecule has 0 saturated carbocycles. The zero-order valence-corrected chi connectivity index (χ0v) is 9.27. The Balaban J connectivity index is 1.92. The topological polar surface area (TPSA) is 93.0 Å². The van der Waals surface area contributed by atoms with Crippen LogP contribution in [0.25, 0.3) is 0 Å². The molecular formula is C10H12N4O3. The van der Waals surface area contributed by atoms with E-state index in [2.05, 4.69) is 20.5 Å². The van der Waals surface area contributed by atoms with Crippen LogP contribution in [0.4, 0.5) is 6.01 Å². The molecule has 17 heavy (non-hydrogen) atoms. The molecule has 2 N–H and O–H groups in total. The highest BCUT2D eigenvalue weighted by Gasteiger charge is 2.12. The largest absolute Gasteiger partial charge is 0.461 e. The second-order valence-corrected chi connectivity index (χ2v) is 3.19. The minimum absolute atomic E-state index is 0.152. The highest BCUT2D eigenvalue weighted by molar-refractivity contribution is 5.87. The Bertz CT molecular complexity index is 477. The van der Waals surface area contributed by atoms with Crippen molar-refractivity contribution in [3.8, 4) is 0 Å². The molecule has 2 aromatic heterocycles. The Labute approximate surface area is 97.2 Å². The van der Waals surface area contributed by atoms with Gasteiger partial charge in [0.05, 0.1) is 18.8 Å². The van der Waals surface area contributed by atoms with Crippen molar-refractivity contribution in [3.05, 3.63) is 29.9 Å². The highest BCUT2D eigenvalue weighted by atomic mass is 16.5. The number of anilines is 1. The summed E-state index contributed by atoms with van der Waals surface area (Å²) in [4.78, 5) is 15.2. The second kappa shape index (κ2) is 5.15. The normalized spacial score (nSPS) is 10.2. The number of hydrogen-bond acceptors (Lipinski definition) is 6.